The molecule has 1 aliphatic rings. The Bertz CT molecular complexity index is 931. The third-order valence-electron chi connectivity index (χ3n) is 4.62. The number of nitrogens with zero attached hydrogens (tertiary/aromatic N) is 3. The van der Waals surface area contributed by atoms with Gasteiger partial charge in [-0.25, -0.2) is 4.68 Å². The molecule has 0 amide bonds. The van der Waals surface area contributed by atoms with Crippen molar-refractivity contribution in [3.05, 3.63) is 66.0 Å². The number of anilines is 1. The summed E-state index contributed by atoms with van der Waals surface area (Å²) in [6, 6.07) is 14.1. The average molecular weight is 372 g/mol. The maximum Gasteiger partial charge on any atom is 0.387 e. The molecule has 0 aliphatic carbocycles. The van der Waals surface area contributed by atoms with Crippen LogP contribution in [0.25, 0.3) is 0 Å². The van der Waals surface area contributed by atoms with Crippen molar-refractivity contribution in [2.45, 2.75) is 25.1 Å². The molecular formula is C19H18F2N4O2. The number of para-hydroxylation sites is 1. The molecule has 140 valence electrons. The van der Waals surface area contributed by atoms with Gasteiger partial charge in [0.25, 0.3) is 0 Å². The highest BCUT2D eigenvalue weighted by molar-refractivity contribution is 5.43. The number of nitrogens with one attached hydrogen (secondary N) is 1. The van der Waals surface area contributed by atoms with Crippen molar-refractivity contribution < 1.29 is 18.3 Å². The van der Waals surface area contributed by atoms with Crippen LogP contribution in [0.4, 0.5) is 14.7 Å². The van der Waals surface area contributed by atoms with Gasteiger partial charge in [-0.1, -0.05) is 30.3 Å². The zero-order chi connectivity index (χ0) is 18.8. The minimum Gasteiger partial charge on any atom is -0.497 e. The molecule has 2 atom stereocenters. The molecule has 0 fully saturated rings. The van der Waals surface area contributed by atoms with E-state index in [-0.39, 0.29) is 17.8 Å². The summed E-state index contributed by atoms with van der Waals surface area (Å²) in [5.74, 6) is 1.47. The number of aromatic nitrogens is 3. The van der Waals surface area contributed by atoms with E-state index in [1.54, 1.807) is 36.1 Å². The topological polar surface area (TPSA) is 61.2 Å². The SMILES string of the molecule is COc1cccc(C2CC(c3ccccc3OC(F)F)n3ncnc3N2)c1. The van der Waals surface area contributed by atoms with Crippen molar-refractivity contribution in [1.29, 1.82) is 0 Å². The molecule has 27 heavy (non-hydrogen) atoms. The second kappa shape index (κ2) is 7.22. The van der Waals surface area contributed by atoms with E-state index in [4.69, 9.17) is 9.47 Å². The number of ether oxygens (including phenoxy) is 2. The highest BCUT2D eigenvalue weighted by atomic mass is 19.3. The molecule has 0 spiro atoms. The van der Waals surface area contributed by atoms with Gasteiger partial charge >= 0.3 is 6.61 Å². The van der Waals surface area contributed by atoms with Crippen molar-refractivity contribution in [1.82, 2.24) is 14.8 Å². The molecule has 2 aromatic carbocycles. The Morgan fingerprint density at radius 3 is 2.85 bits per heavy atom. The second-order valence-electron chi connectivity index (χ2n) is 6.17. The standard InChI is InChI=1S/C19H18F2N4O2/c1-26-13-6-4-5-12(9-13)15-10-16(25-19(24-15)22-11-23-25)14-7-2-3-8-17(14)27-18(20)21/h2-9,11,15-16,18H,10H2,1H3,(H,22,23,24). The molecule has 1 N–H and O–H groups in total. The Morgan fingerprint density at radius 2 is 2.04 bits per heavy atom. The van der Waals surface area contributed by atoms with Crippen LogP contribution in [0.1, 0.15) is 29.6 Å². The maximum atomic E-state index is 12.8. The number of alkyl halides is 2. The lowest BCUT2D eigenvalue weighted by Gasteiger charge is -2.32. The van der Waals surface area contributed by atoms with E-state index < -0.39 is 6.61 Å². The van der Waals surface area contributed by atoms with Gasteiger partial charge in [-0.15, -0.1) is 0 Å². The predicted octanol–water partition coefficient (Wildman–Crippen LogP) is 4.03. The van der Waals surface area contributed by atoms with Crippen LogP contribution in [0.3, 0.4) is 0 Å². The van der Waals surface area contributed by atoms with Gasteiger partial charge < -0.3 is 14.8 Å². The molecule has 0 saturated heterocycles. The Hall–Kier alpha value is -3.16. The van der Waals surface area contributed by atoms with Crippen LogP contribution in [-0.4, -0.2) is 28.5 Å². The number of halogens is 2. The molecule has 2 heterocycles. The summed E-state index contributed by atoms with van der Waals surface area (Å²) in [5, 5.41) is 7.62. The Morgan fingerprint density at radius 1 is 1.19 bits per heavy atom. The minimum atomic E-state index is -2.89. The van der Waals surface area contributed by atoms with Crippen LogP contribution in [0.5, 0.6) is 11.5 Å². The smallest absolute Gasteiger partial charge is 0.387 e. The third kappa shape index (κ3) is 3.42. The number of methoxy groups -OCH3 is 1. The van der Waals surface area contributed by atoms with E-state index in [9.17, 15) is 8.78 Å². The van der Waals surface area contributed by atoms with Gasteiger partial charge in [0.2, 0.25) is 5.95 Å². The molecule has 8 heteroatoms. The molecule has 0 saturated carbocycles. The molecule has 0 radical (unpaired) electrons. The quantitative estimate of drug-likeness (QED) is 0.733. The lowest BCUT2D eigenvalue weighted by molar-refractivity contribution is -0.0507. The highest BCUT2D eigenvalue weighted by Gasteiger charge is 2.32. The first-order valence-corrected chi connectivity index (χ1v) is 8.49. The van der Waals surface area contributed by atoms with E-state index in [0.717, 1.165) is 11.3 Å². The second-order valence-corrected chi connectivity index (χ2v) is 6.17. The fraction of sp³-hybridized carbons (Fsp3) is 0.263. The van der Waals surface area contributed by atoms with E-state index in [1.165, 1.54) is 6.33 Å². The first kappa shape index (κ1) is 17.3. The average Bonchev–Trinajstić information content (AvgIpc) is 3.16. The lowest BCUT2D eigenvalue weighted by Crippen LogP contribution is -2.28. The minimum absolute atomic E-state index is 0.0820. The monoisotopic (exact) mass is 372 g/mol. The predicted molar refractivity (Wildman–Crippen MR) is 95.2 cm³/mol. The van der Waals surface area contributed by atoms with Gasteiger partial charge in [0, 0.05) is 5.56 Å². The van der Waals surface area contributed by atoms with Gasteiger partial charge in [-0.05, 0) is 30.2 Å². The van der Waals surface area contributed by atoms with Crippen LogP contribution in [0, 0.1) is 0 Å². The fourth-order valence-corrected chi connectivity index (χ4v) is 3.41. The van der Waals surface area contributed by atoms with Gasteiger partial charge in [-0.2, -0.15) is 18.9 Å². The molecular weight excluding hydrogens is 354 g/mol. The molecule has 3 aromatic rings. The Kier molecular flexibility index (Phi) is 4.62. The summed E-state index contributed by atoms with van der Waals surface area (Å²) in [6.45, 7) is -2.89. The van der Waals surface area contributed by atoms with Crippen LogP contribution in [-0.2, 0) is 0 Å². The summed E-state index contributed by atoms with van der Waals surface area (Å²) in [6.07, 6.45) is 2.03. The number of hydrogen-bond acceptors (Lipinski definition) is 5. The van der Waals surface area contributed by atoms with Crippen molar-refractivity contribution >= 4 is 5.95 Å². The number of hydrogen-bond donors (Lipinski definition) is 1. The van der Waals surface area contributed by atoms with E-state index in [1.807, 2.05) is 24.3 Å². The molecule has 0 bridgehead atoms. The van der Waals surface area contributed by atoms with E-state index >= 15 is 0 Å². The lowest BCUT2D eigenvalue weighted by atomic mass is 9.93. The largest absolute Gasteiger partial charge is 0.497 e. The van der Waals surface area contributed by atoms with E-state index in [2.05, 4.69) is 15.4 Å². The van der Waals surface area contributed by atoms with E-state index in [0.29, 0.717) is 17.9 Å². The first-order chi connectivity index (χ1) is 13.2. The summed E-state index contributed by atoms with van der Waals surface area (Å²) >= 11 is 0. The highest BCUT2D eigenvalue weighted by Crippen LogP contribution is 2.41. The molecule has 1 aromatic heterocycles. The third-order valence-corrected chi connectivity index (χ3v) is 4.62. The van der Waals surface area contributed by atoms with Crippen molar-refractivity contribution in [3.8, 4) is 11.5 Å². The maximum absolute atomic E-state index is 12.8. The number of fused-ring (bicyclic) bond motifs is 1. The Balaban J connectivity index is 1.73. The number of benzene rings is 2. The molecule has 1 aliphatic heterocycles. The summed E-state index contributed by atoms with van der Waals surface area (Å²) in [7, 11) is 1.62. The zero-order valence-corrected chi connectivity index (χ0v) is 14.5. The van der Waals surface area contributed by atoms with Crippen molar-refractivity contribution in [3.63, 3.8) is 0 Å². The normalized spacial score (nSPS) is 18.7. The Labute approximate surface area is 154 Å². The molecule has 2 unspecified atom stereocenters. The van der Waals surface area contributed by atoms with Crippen LogP contribution >= 0.6 is 0 Å². The summed E-state index contributed by atoms with van der Waals surface area (Å²) < 4.78 is 37.4. The molecule has 4 rings (SSSR count). The zero-order valence-electron chi connectivity index (χ0n) is 14.5. The van der Waals surface area contributed by atoms with Crippen LogP contribution < -0.4 is 14.8 Å². The van der Waals surface area contributed by atoms with Crippen molar-refractivity contribution in [2.24, 2.45) is 0 Å². The van der Waals surface area contributed by atoms with Gasteiger partial charge in [0.15, 0.2) is 0 Å². The van der Waals surface area contributed by atoms with Crippen molar-refractivity contribution in [2.75, 3.05) is 12.4 Å². The van der Waals surface area contributed by atoms with Gasteiger partial charge in [0.05, 0.1) is 19.2 Å². The molecule has 6 nitrogen and oxygen atoms in total. The van der Waals surface area contributed by atoms with Gasteiger partial charge in [-0.3, -0.25) is 0 Å². The fourth-order valence-electron chi connectivity index (χ4n) is 3.41. The summed E-state index contributed by atoms with van der Waals surface area (Å²) in [4.78, 5) is 4.26. The van der Waals surface area contributed by atoms with Gasteiger partial charge in [0.1, 0.15) is 17.8 Å². The first-order valence-electron chi connectivity index (χ1n) is 8.49. The number of rotatable bonds is 5. The summed E-state index contributed by atoms with van der Waals surface area (Å²) in [5.41, 5.74) is 1.65. The van der Waals surface area contributed by atoms with Crippen LogP contribution in [0.2, 0.25) is 0 Å². The van der Waals surface area contributed by atoms with Crippen LogP contribution in [0.15, 0.2) is 54.9 Å².